The Hall–Kier alpha value is -8.78. The summed E-state index contributed by atoms with van der Waals surface area (Å²) in [4.78, 5) is 2.56. The van der Waals surface area contributed by atoms with Crippen LogP contribution in [0.1, 0.15) is 72.2 Å². The van der Waals surface area contributed by atoms with Gasteiger partial charge in [0.1, 0.15) is 0 Å². The Morgan fingerprint density at radius 2 is 0.622 bits per heavy atom. The SMILES string of the molecule is CC1(C)c2ccccc2-c2c(-c3cc(-c4cccc5c4-c4ccccc4C54c5ccccc5-c5ccccc54)cc(N(c4ccc(-c5ccccc5)cc4)c4cccc5c4-c4ccccc4C5(C)C)c3)cccc21. The first-order valence-corrected chi connectivity index (χ1v) is 26.3. The first kappa shape index (κ1) is 42.9. The van der Waals surface area contributed by atoms with Gasteiger partial charge in [-0.3, -0.25) is 0 Å². The summed E-state index contributed by atoms with van der Waals surface area (Å²) in [5.41, 5.74) is 31.2. The van der Waals surface area contributed by atoms with E-state index >= 15 is 0 Å². The molecule has 0 N–H and O–H groups in total. The summed E-state index contributed by atoms with van der Waals surface area (Å²) in [6.45, 7) is 9.55. The summed E-state index contributed by atoms with van der Waals surface area (Å²) >= 11 is 0. The van der Waals surface area contributed by atoms with Gasteiger partial charge in [-0.2, -0.15) is 0 Å². The maximum atomic E-state index is 2.56. The van der Waals surface area contributed by atoms with Crippen molar-refractivity contribution in [1.29, 1.82) is 0 Å². The molecule has 0 aliphatic heterocycles. The van der Waals surface area contributed by atoms with Gasteiger partial charge >= 0.3 is 0 Å². The van der Waals surface area contributed by atoms with Crippen LogP contribution >= 0.6 is 0 Å². The zero-order chi connectivity index (χ0) is 49.5. The second kappa shape index (κ2) is 15.6. The molecular weight excluding hydrogens is 891 g/mol. The van der Waals surface area contributed by atoms with E-state index in [2.05, 4.69) is 281 Å². The standard InChI is InChI=1S/C73H53N/c1-71(2)59-30-13-10-25-56(59)68-52(28-18-35-64(68)71)48-43-49(53-29-19-37-66-69(53)58-27-12-17-34-63(58)73(66)61-32-15-8-23-54(61)55-24-9-16-33-62(55)73)45-51(44-48)74(50-41-39-47(40-42-50)46-21-6-5-7-22-46)67-38-20-36-65-70(67)57-26-11-14-31-60(57)72(65,3)4/h5-45H,1-4H3. The van der Waals surface area contributed by atoms with Crippen molar-refractivity contribution in [3.63, 3.8) is 0 Å². The van der Waals surface area contributed by atoms with Crippen LogP contribution in [0.25, 0.3) is 77.9 Å². The van der Waals surface area contributed by atoms with E-state index in [9.17, 15) is 0 Å². The molecule has 11 aromatic rings. The largest absolute Gasteiger partial charge is 0.310 e. The van der Waals surface area contributed by atoms with Gasteiger partial charge in [0.2, 0.25) is 0 Å². The van der Waals surface area contributed by atoms with E-state index in [-0.39, 0.29) is 10.8 Å². The highest BCUT2D eigenvalue weighted by Crippen LogP contribution is 2.64. The molecule has 0 unspecified atom stereocenters. The molecule has 0 bridgehead atoms. The molecule has 1 heteroatoms. The lowest BCUT2D eigenvalue weighted by Gasteiger charge is -2.31. The molecule has 350 valence electrons. The van der Waals surface area contributed by atoms with Crippen LogP contribution in [0.4, 0.5) is 17.1 Å². The van der Waals surface area contributed by atoms with E-state index < -0.39 is 5.41 Å². The van der Waals surface area contributed by atoms with Gasteiger partial charge in [-0.15, -0.1) is 0 Å². The Labute approximate surface area is 434 Å². The highest BCUT2D eigenvalue weighted by Gasteiger charge is 2.52. The predicted octanol–water partition coefficient (Wildman–Crippen LogP) is 19.1. The van der Waals surface area contributed by atoms with Crippen molar-refractivity contribution in [1.82, 2.24) is 0 Å². The third kappa shape index (κ3) is 5.76. The number of fused-ring (bicyclic) bond motifs is 16. The Morgan fingerprint density at radius 1 is 0.243 bits per heavy atom. The summed E-state index contributed by atoms with van der Waals surface area (Å²) in [5.74, 6) is 0. The highest BCUT2D eigenvalue weighted by atomic mass is 15.1. The number of hydrogen-bond acceptors (Lipinski definition) is 1. The Morgan fingerprint density at radius 3 is 1.19 bits per heavy atom. The fraction of sp³-hybridized carbons (Fsp3) is 0.0959. The van der Waals surface area contributed by atoms with E-state index in [1.807, 2.05) is 0 Å². The fourth-order valence-corrected chi connectivity index (χ4v) is 14.2. The number of hydrogen-bond donors (Lipinski definition) is 0. The van der Waals surface area contributed by atoms with Crippen LogP contribution in [0.5, 0.6) is 0 Å². The average Bonchev–Trinajstić information content (AvgIpc) is 4.16. The molecule has 1 spiro atoms. The van der Waals surface area contributed by atoms with Gasteiger partial charge in [0.15, 0.2) is 0 Å². The lowest BCUT2D eigenvalue weighted by molar-refractivity contribution is 0.660. The van der Waals surface area contributed by atoms with Crippen LogP contribution in [0.15, 0.2) is 249 Å². The molecule has 0 amide bonds. The van der Waals surface area contributed by atoms with Crippen molar-refractivity contribution in [2.24, 2.45) is 0 Å². The summed E-state index contributed by atoms with van der Waals surface area (Å²) in [6.07, 6.45) is 0. The Balaban J connectivity index is 1.04. The second-order valence-electron chi connectivity index (χ2n) is 21.9. The molecule has 0 radical (unpaired) electrons. The fourth-order valence-electron chi connectivity index (χ4n) is 14.2. The number of rotatable bonds is 6. The molecule has 1 nitrogen and oxygen atoms in total. The normalized spacial score (nSPS) is 14.8. The first-order chi connectivity index (χ1) is 36.2. The quantitative estimate of drug-likeness (QED) is 0.161. The smallest absolute Gasteiger partial charge is 0.0725 e. The van der Waals surface area contributed by atoms with E-state index in [4.69, 9.17) is 0 Å². The van der Waals surface area contributed by atoms with E-state index in [1.165, 1.54) is 128 Å². The summed E-state index contributed by atoms with van der Waals surface area (Å²) in [5, 5.41) is 0. The van der Waals surface area contributed by atoms with Crippen LogP contribution in [0, 0.1) is 0 Å². The zero-order valence-electron chi connectivity index (χ0n) is 42.1. The summed E-state index contributed by atoms with van der Waals surface area (Å²) in [6, 6.07) is 94.2. The Bertz CT molecular complexity index is 4090. The summed E-state index contributed by atoms with van der Waals surface area (Å²) < 4.78 is 0. The van der Waals surface area contributed by atoms with E-state index in [1.54, 1.807) is 0 Å². The molecule has 0 heterocycles. The van der Waals surface area contributed by atoms with Gasteiger partial charge in [-0.1, -0.05) is 240 Å². The van der Waals surface area contributed by atoms with Gasteiger partial charge < -0.3 is 4.90 Å². The molecule has 74 heavy (non-hydrogen) atoms. The maximum Gasteiger partial charge on any atom is 0.0725 e. The van der Waals surface area contributed by atoms with Gasteiger partial charge in [-0.05, 0) is 153 Å². The molecule has 15 rings (SSSR count). The number of benzene rings is 11. The van der Waals surface area contributed by atoms with Crippen molar-refractivity contribution in [3.8, 4) is 77.9 Å². The van der Waals surface area contributed by atoms with Crippen molar-refractivity contribution in [3.05, 3.63) is 293 Å². The molecule has 0 saturated heterocycles. The number of anilines is 3. The molecule has 0 atom stereocenters. The predicted molar refractivity (Wildman–Crippen MR) is 309 cm³/mol. The molecule has 4 aliphatic carbocycles. The van der Waals surface area contributed by atoms with Crippen molar-refractivity contribution >= 4 is 17.1 Å². The second-order valence-corrected chi connectivity index (χ2v) is 21.9. The van der Waals surface area contributed by atoms with Crippen LogP contribution in [-0.4, -0.2) is 0 Å². The topological polar surface area (TPSA) is 3.24 Å². The molecule has 4 aliphatic rings. The van der Waals surface area contributed by atoms with Crippen LogP contribution in [-0.2, 0) is 16.2 Å². The third-order valence-electron chi connectivity index (χ3n) is 17.5. The van der Waals surface area contributed by atoms with Crippen LogP contribution < -0.4 is 4.90 Å². The minimum Gasteiger partial charge on any atom is -0.310 e. The van der Waals surface area contributed by atoms with Crippen molar-refractivity contribution < 1.29 is 0 Å². The average molecular weight is 944 g/mol. The van der Waals surface area contributed by atoms with Crippen LogP contribution in [0.3, 0.4) is 0 Å². The zero-order valence-corrected chi connectivity index (χ0v) is 42.1. The third-order valence-corrected chi connectivity index (χ3v) is 17.5. The summed E-state index contributed by atoms with van der Waals surface area (Å²) in [7, 11) is 0. The molecule has 0 aromatic heterocycles. The van der Waals surface area contributed by atoms with Crippen molar-refractivity contribution in [2.45, 2.75) is 43.9 Å². The van der Waals surface area contributed by atoms with Gasteiger partial charge in [-0.25, -0.2) is 0 Å². The molecular formula is C73H53N. The monoisotopic (exact) mass is 943 g/mol. The molecule has 0 saturated carbocycles. The minimum absolute atomic E-state index is 0.147. The lowest BCUT2D eigenvalue weighted by atomic mass is 9.70. The lowest BCUT2D eigenvalue weighted by Crippen LogP contribution is -2.25. The van der Waals surface area contributed by atoms with Gasteiger partial charge in [0.05, 0.1) is 11.1 Å². The van der Waals surface area contributed by atoms with Crippen molar-refractivity contribution in [2.75, 3.05) is 4.90 Å². The van der Waals surface area contributed by atoms with E-state index in [0.717, 1.165) is 11.4 Å². The minimum atomic E-state index is -0.456. The first-order valence-electron chi connectivity index (χ1n) is 26.3. The van der Waals surface area contributed by atoms with Gasteiger partial charge in [0.25, 0.3) is 0 Å². The van der Waals surface area contributed by atoms with E-state index in [0.29, 0.717) is 0 Å². The van der Waals surface area contributed by atoms with Gasteiger partial charge in [0, 0.05) is 27.8 Å². The Kier molecular flexibility index (Phi) is 9.04. The molecule has 0 fully saturated rings. The van der Waals surface area contributed by atoms with Crippen LogP contribution in [0.2, 0.25) is 0 Å². The molecule has 11 aromatic carbocycles. The number of nitrogens with zero attached hydrogens (tertiary/aromatic N) is 1. The maximum absolute atomic E-state index is 2.56. The highest BCUT2D eigenvalue weighted by molar-refractivity contribution is 6.03.